The predicted molar refractivity (Wildman–Crippen MR) is 93.4 cm³/mol. The Morgan fingerprint density at radius 2 is 1.69 bits per heavy atom. The molecule has 11 heteroatoms. The molecule has 0 fully saturated rings. The van der Waals surface area contributed by atoms with Crippen molar-refractivity contribution in [3.05, 3.63) is 65.5 Å². The summed E-state index contributed by atoms with van der Waals surface area (Å²) in [4.78, 5) is 16.1. The minimum absolute atomic E-state index is 0.0438. The van der Waals surface area contributed by atoms with Gasteiger partial charge in [-0.25, -0.2) is 13.2 Å². The van der Waals surface area contributed by atoms with E-state index < -0.39 is 27.5 Å². The second kappa shape index (κ2) is 7.66. The fraction of sp³-hybridized carbons (Fsp3) is 0.167. The van der Waals surface area contributed by atoms with Crippen LogP contribution in [0.15, 0.2) is 57.9 Å². The molecule has 2 aromatic carbocycles. The van der Waals surface area contributed by atoms with Gasteiger partial charge >= 0.3 is 12.1 Å². The highest BCUT2D eigenvalue weighted by molar-refractivity contribution is 7.90. The van der Waals surface area contributed by atoms with E-state index in [9.17, 15) is 26.4 Å². The van der Waals surface area contributed by atoms with Crippen molar-refractivity contribution in [2.45, 2.75) is 17.7 Å². The molecule has 0 bridgehead atoms. The van der Waals surface area contributed by atoms with Crippen molar-refractivity contribution in [1.82, 2.24) is 10.1 Å². The molecule has 0 atom stereocenters. The second-order valence-corrected chi connectivity index (χ2v) is 7.98. The fourth-order valence-corrected chi connectivity index (χ4v) is 2.92. The number of halogens is 3. The van der Waals surface area contributed by atoms with Gasteiger partial charge < -0.3 is 9.26 Å². The lowest BCUT2D eigenvalue weighted by atomic mass is 10.1. The van der Waals surface area contributed by atoms with Gasteiger partial charge in [0, 0.05) is 11.8 Å². The summed E-state index contributed by atoms with van der Waals surface area (Å²) < 4.78 is 70.6. The summed E-state index contributed by atoms with van der Waals surface area (Å²) in [6, 6.07) is 9.36. The molecule has 0 amide bonds. The highest BCUT2D eigenvalue weighted by atomic mass is 32.2. The Bertz CT molecular complexity index is 1120. The SMILES string of the molecule is CS(=O)(=O)c1ccc(C(=O)OCc2nc(-c3ccc(C(F)(F)F)cc3)no2)cc1. The second-order valence-electron chi connectivity index (χ2n) is 5.96. The molecule has 1 aromatic heterocycles. The number of alkyl halides is 3. The molecule has 7 nitrogen and oxygen atoms in total. The minimum atomic E-state index is -4.45. The number of rotatable bonds is 5. The number of sulfone groups is 1. The highest BCUT2D eigenvalue weighted by Gasteiger charge is 2.30. The summed E-state index contributed by atoms with van der Waals surface area (Å²) in [7, 11) is -3.38. The normalized spacial score (nSPS) is 12.0. The Hall–Kier alpha value is -3.21. The zero-order valence-electron chi connectivity index (χ0n) is 14.8. The maximum Gasteiger partial charge on any atom is 0.416 e. The van der Waals surface area contributed by atoms with Crippen LogP contribution in [0.4, 0.5) is 13.2 Å². The molecule has 3 aromatic rings. The van der Waals surface area contributed by atoms with E-state index in [-0.39, 0.29) is 28.8 Å². The third-order valence-corrected chi connectivity index (χ3v) is 4.91. The smallest absolute Gasteiger partial charge is 0.416 e. The third kappa shape index (κ3) is 4.99. The number of benzene rings is 2. The standard InChI is InChI=1S/C18H13F3N2O5S/c1-29(25,26)14-8-4-12(5-9-14)17(24)27-10-15-22-16(23-28-15)11-2-6-13(7-3-11)18(19,20)21/h2-9H,10H2,1H3. The van der Waals surface area contributed by atoms with Crippen LogP contribution in [-0.2, 0) is 27.4 Å². The van der Waals surface area contributed by atoms with Gasteiger partial charge in [0.1, 0.15) is 0 Å². The molecule has 0 aliphatic carbocycles. The van der Waals surface area contributed by atoms with Crippen LogP contribution in [0, 0.1) is 0 Å². The van der Waals surface area contributed by atoms with Crippen molar-refractivity contribution < 1.29 is 35.6 Å². The first-order chi connectivity index (χ1) is 13.5. The van der Waals surface area contributed by atoms with Gasteiger partial charge in [0.2, 0.25) is 5.82 Å². The molecule has 0 saturated heterocycles. The number of hydrogen-bond donors (Lipinski definition) is 0. The number of ether oxygens (including phenoxy) is 1. The van der Waals surface area contributed by atoms with Crippen LogP contribution in [0.1, 0.15) is 21.8 Å². The van der Waals surface area contributed by atoms with Crippen LogP contribution in [0.5, 0.6) is 0 Å². The van der Waals surface area contributed by atoms with Gasteiger partial charge in [0.05, 0.1) is 16.0 Å². The zero-order valence-corrected chi connectivity index (χ0v) is 15.6. The first kappa shape index (κ1) is 20.5. The van der Waals surface area contributed by atoms with Crippen LogP contribution in [0.3, 0.4) is 0 Å². The quantitative estimate of drug-likeness (QED) is 0.576. The van der Waals surface area contributed by atoms with Crippen molar-refractivity contribution in [1.29, 1.82) is 0 Å². The van der Waals surface area contributed by atoms with E-state index in [0.717, 1.165) is 18.4 Å². The molecule has 0 N–H and O–H groups in total. The summed E-state index contributed by atoms with van der Waals surface area (Å²) in [6.45, 7) is -0.361. The van der Waals surface area contributed by atoms with Crippen LogP contribution >= 0.6 is 0 Å². The lowest BCUT2D eigenvalue weighted by Crippen LogP contribution is -2.06. The molecule has 152 valence electrons. The fourth-order valence-electron chi connectivity index (χ4n) is 2.29. The maximum atomic E-state index is 12.6. The molecule has 1 heterocycles. The van der Waals surface area contributed by atoms with E-state index in [4.69, 9.17) is 9.26 Å². The first-order valence-corrected chi connectivity index (χ1v) is 9.90. The number of hydrogen-bond acceptors (Lipinski definition) is 7. The molecule has 0 radical (unpaired) electrons. The number of esters is 1. The van der Waals surface area contributed by atoms with E-state index in [1.165, 1.54) is 36.4 Å². The molecule has 0 unspecified atom stereocenters. The lowest BCUT2D eigenvalue weighted by molar-refractivity contribution is -0.137. The lowest BCUT2D eigenvalue weighted by Gasteiger charge is -2.05. The summed E-state index contributed by atoms with van der Waals surface area (Å²) in [5.74, 6) is -0.748. The summed E-state index contributed by atoms with van der Waals surface area (Å²) in [5, 5.41) is 3.64. The van der Waals surface area contributed by atoms with E-state index in [0.29, 0.717) is 5.56 Å². The van der Waals surface area contributed by atoms with Gasteiger partial charge in [0.15, 0.2) is 16.4 Å². The number of carbonyl (C=O) groups excluding carboxylic acids is 1. The minimum Gasteiger partial charge on any atom is -0.452 e. The van der Waals surface area contributed by atoms with E-state index in [1.54, 1.807) is 0 Å². The van der Waals surface area contributed by atoms with Gasteiger partial charge in [-0.3, -0.25) is 0 Å². The van der Waals surface area contributed by atoms with Crippen molar-refractivity contribution in [2.24, 2.45) is 0 Å². The summed E-state index contributed by atoms with van der Waals surface area (Å²) in [5.41, 5.74) is -0.378. The number of aromatic nitrogens is 2. The van der Waals surface area contributed by atoms with Crippen molar-refractivity contribution in [2.75, 3.05) is 6.26 Å². The molecular formula is C18H13F3N2O5S. The molecular weight excluding hydrogens is 413 g/mol. The van der Waals surface area contributed by atoms with Crippen molar-refractivity contribution >= 4 is 15.8 Å². The van der Waals surface area contributed by atoms with E-state index >= 15 is 0 Å². The molecule has 29 heavy (non-hydrogen) atoms. The Labute approximate surface area is 163 Å². The molecule has 3 rings (SSSR count). The predicted octanol–water partition coefficient (Wildman–Crippen LogP) is 3.52. The van der Waals surface area contributed by atoms with E-state index in [2.05, 4.69) is 10.1 Å². The van der Waals surface area contributed by atoms with Crippen molar-refractivity contribution in [3.8, 4) is 11.4 Å². The Kier molecular flexibility index (Phi) is 5.42. The van der Waals surface area contributed by atoms with Gasteiger partial charge in [-0.15, -0.1) is 0 Å². The number of nitrogens with zero attached hydrogens (tertiary/aromatic N) is 2. The van der Waals surface area contributed by atoms with Crippen LogP contribution in [0.25, 0.3) is 11.4 Å². The topological polar surface area (TPSA) is 99.4 Å². The summed E-state index contributed by atoms with van der Waals surface area (Å²) >= 11 is 0. The van der Waals surface area contributed by atoms with Crippen LogP contribution in [-0.4, -0.2) is 30.8 Å². The largest absolute Gasteiger partial charge is 0.452 e. The number of carbonyl (C=O) groups is 1. The van der Waals surface area contributed by atoms with Crippen LogP contribution in [0.2, 0.25) is 0 Å². The maximum absolute atomic E-state index is 12.6. The Morgan fingerprint density at radius 3 is 2.24 bits per heavy atom. The van der Waals surface area contributed by atoms with E-state index in [1.807, 2.05) is 0 Å². The Balaban J connectivity index is 1.64. The van der Waals surface area contributed by atoms with Crippen molar-refractivity contribution in [3.63, 3.8) is 0 Å². The highest BCUT2D eigenvalue weighted by Crippen LogP contribution is 2.30. The molecule has 0 spiro atoms. The zero-order chi connectivity index (χ0) is 21.2. The monoisotopic (exact) mass is 426 g/mol. The van der Waals surface area contributed by atoms with Gasteiger partial charge in [-0.1, -0.05) is 17.3 Å². The molecule has 0 aliphatic heterocycles. The average Bonchev–Trinajstić information content (AvgIpc) is 3.14. The Morgan fingerprint density at radius 1 is 1.07 bits per heavy atom. The van der Waals surface area contributed by atoms with Crippen LogP contribution < -0.4 is 0 Å². The molecule has 0 aliphatic rings. The average molecular weight is 426 g/mol. The van der Waals surface area contributed by atoms with Gasteiger partial charge in [0.25, 0.3) is 5.89 Å². The third-order valence-electron chi connectivity index (χ3n) is 3.78. The summed E-state index contributed by atoms with van der Waals surface area (Å²) in [6.07, 6.45) is -3.40. The van der Waals surface area contributed by atoms with Gasteiger partial charge in [-0.2, -0.15) is 18.2 Å². The first-order valence-electron chi connectivity index (χ1n) is 8.01. The van der Waals surface area contributed by atoms with Gasteiger partial charge in [-0.05, 0) is 36.4 Å². The molecule has 0 saturated carbocycles.